The summed E-state index contributed by atoms with van der Waals surface area (Å²) >= 11 is 0. The number of anilines is 1. The zero-order valence-corrected chi connectivity index (χ0v) is 16.0. The third-order valence-electron chi connectivity index (χ3n) is 4.37. The van der Waals surface area contributed by atoms with Crippen LogP contribution in [0.3, 0.4) is 0 Å². The zero-order valence-electron chi connectivity index (χ0n) is 15.1. The molecule has 1 amide bonds. The number of carbonyl (C=O) groups is 1. The molecule has 3 rings (SSSR count). The van der Waals surface area contributed by atoms with Gasteiger partial charge in [0.1, 0.15) is 5.75 Å². The lowest BCUT2D eigenvalue weighted by Crippen LogP contribution is -2.34. The lowest BCUT2D eigenvalue weighted by Gasteiger charge is -2.20. The molecule has 0 bridgehead atoms. The molecular formula is C19H23N3O4S. The molecule has 2 aromatic rings. The van der Waals surface area contributed by atoms with Crippen LogP contribution in [-0.2, 0) is 10.0 Å². The quantitative estimate of drug-likeness (QED) is 0.816. The number of carbonyl (C=O) groups excluding carboxylic acids is 1. The van der Waals surface area contributed by atoms with Crippen LogP contribution in [0.4, 0.5) is 5.69 Å². The number of hydrogen-bond donors (Lipinski definition) is 2. The second kappa shape index (κ2) is 8.41. The summed E-state index contributed by atoms with van der Waals surface area (Å²) in [7, 11) is -2.38. The van der Waals surface area contributed by atoms with Gasteiger partial charge >= 0.3 is 0 Å². The molecule has 7 nitrogen and oxygen atoms in total. The maximum atomic E-state index is 12.8. The van der Waals surface area contributed by atoms with Gasteiger partial charge in [-0.25, -0.2) is 8.42 Å². The van der Waals surface area contributed by atoms with E-state index in [0.717, 1.165) is 19.5 Å². The van der Waals surface area contributed by atoms with Crippen molar-refractivity contribution in [2.45, 2.75) is 11.3 Å². The largest absolute Gasteiger partial charge is 0.495 e. The van der Waals surface area contributed by atoms with Gasteiger partial charge in [0.05, 0.1) is 17.7 Å². The molecule has 0 unspecified atom stereocenters. The van der Waals surface area contributed by atoms with Crippen molar-refractivity contribution in [3.8, 4) is 5.75 Å². The van der Waals surface area contributed by atoms with Crippen LogP contribution in [0.25, 0.3) is 0 Å². The van der Waals surface area contributed by atoms with Crippen LogP contribution in [0.1, 0.15) is 16.8 Å². The SMILES string of the molecule is COc1ccccc1NS(=O)(=O)c1cccc(C(=O)N2CCCNCC2)c1. The Hall–Kier alpha value is -2.58. The Balaban J connectivity index is 1.84. The van der Waals surface area contributed by atoms with Crippen LogP contribution >= 0.6 is 0 Å². The number of methoxy groups -OCH3 is 1. The second-order valence-corrected chi connectivity index (χ2v) is 7.91. The smallest absolute Gasteiger partial charge is 0.262 e. The molecule has 1 aliphatic heterocycles. The zero-order chi connectivity index (χ0) is 19.3. The standard InChI is InChI=1S/C19H23N3O4S/c1-26-18-9-3-2-8-17(18)21-27(24,25)16-7-4-6-15(14-16)19(23)22-12-5-10-20-11-13-22/h2-4,6-9,14,20-21H,5,10-13H2,1H3. The molecule has 0 aliphatic carbocycles. The predicted octanol–water partition coefficient (Wildman–Crippen LogP) is 1.93. The maximum Gasteiger partial charge on any atom is 0.262 e. The van der Waals surface area contributed by atoms with Gasteiger partial charge in [-0.05, 0) is 43.3 Å². The number of para-hydroxylation sites is 2. The number of sulfonamides is 1. The molecule has 2 aromatic carbocycles. The summed E-state index contributed by atoms with van der Waals surface area (Å²) in [5.74, 6) is 0.262. The lowest BCUT2D eigenvalue weighted by atomic mass is 10.2. The van der Waals surface area contributed by atoms with Crippen LogP contribution in [0.15, 0.2) is 53.4 Å². The first-order valence-corrected chi connectivity index (χ1v) is 10.3. The van der Waals surface area contributed by atoms with Crippen LogP contribution in [-0.4, -0.2) is 52.5 Å². The molecule has 144 valence electrons. The third-order valence-corrected chi connectivity index (χ3v) is 5.73. The Bertz CT molecular complexity index is 907. The van der Waals surface area contributed by atoms with E-state index in [1.54, 1.807) is 41.3 Å². The van der Waals surface area contributed by atoms with Crippen molar-refractivity contribution in [2.24, 2.45) is 0 Å². The number of benzene rings is 2. The van der Waals surface area contributed by atoms with Gasteiger partial charge in [-0.3, -0.25) is 9.52 Å². The fourth-order valence-corrected chi connectivity index (χ4v) is 4.08. The van der Waals surface area contributed by atoms with Gasteiger partial charge in [-0.1, -0.05) is 18.2 Å². The highest BCUT2D eigenvalue weighted by Gasteiger charge is 2.21. The Labute approximate surface area is 159 Å². The van der Waals surface area contributed by atoms with Crippen molar-refractivity contribution >= 4 is 21.6 Å². The minimum Gasteiger partial charge on any atom is -0.495 e. The molecule has 2 N–H and O–H groups in total. The molecule has 1 saturated heterocycles. The average molecular weight is 389 g/mol. The summed E-state index contributed by atoms with van der Waals surface area (Å²) in [4.78, 5) is 14.5. The van der Waals surface area contributed by atoms with E-state index >= 15 is 0 Å². The minimum absolute atomic E-state index is 0.0344. The van der Waals surface area contributed by atoms with Crippen molar-refractivity contribution in [2.75, 3.05) is 38.0 Å². The van der Waals surface area contributed by atoms with E-state index in [-0.39, 0.29) is 10.8 Å². The highest BCUT2D eigenvalue weighted by molar-refractivity contribution is 7.92. The summed E-state index contributed by atoms with van der Waals surface area (Å²) < 4.78 is 33.3. The van der Waals surface area contributed by atoms with Crippen molar-refractivity contribution in [1.29, 1.82) is 0 Å². The number of amides is 1. The van der Waals surface area contributed by atoms with Gasteiger partial charge in [0.25, 0.3) is 15.9 Å². The van der Waals surface area contributed by atoms with Gasteiger partial charge in [0.2, 0.25) is 0 Å². The van der Waals surface area contributed by atoms with Crippen LogP contribution in [0, 0.1) is 0 Å². The Morgan fingerprint density at radius 1 is 1.11 bits per heavy atom. The predicted molar refractivity (Wildman–Crippen MR) is 104 cm³/mol. The van der Waals surface area contributed by atoms with E-state index in [4.69, 9.17) is 4.74 Å². The van der Waals surface area contributed by atoms with Gasteiger partial charge in [-0.15, -0.1) is 0 Å². The number of rotatable bonds is 5. The average Bonchev–Trinajstić information content (AvgIpc) is 2.97. The molecule has 0 atom stereocenters. The highest BCUT2D eigenvalue weighted by Crippen LogP contribution is 2.26. The van der Waals surface area contributed by atoms with E-state index in [0.29, 0.717) is 30.1 Å². The fourth-order valence-electron chi connectivity index (χ4n) is 2.96. The van der Waals surface area contributed by atoms with Crippen molar-refractivity contribution in [3.63, 3.8) is 0 Å². The fraction of sp³-hybridized carbons (Fsp3) is 0.316. The molecule has 0 saturated carbocycles. The summed E-state index contributed by atoms with van der Waals surface area (Å²) in [5, 5.41) is 3.25. The summed E-state index contributed by atoms with van der Waals surface area (Å²) in [5.41, 5.74) is 0.704. The molecule has 27 heavy (non-hydrogen) atoms. The van der Waals surface area contributed by atoms with Gasteiger partial charge in [0.15, 0.2) is 0 Å². The van der Waals surface area contributed by atoms with Crippen molar-refractivity contribution < 1.29 is 17.9 Å². The van der Waals surface area contributed by atoms with E-state index in [1.807, 2.05) is 0 Å². The number of nitrogens with one attached hydrogen (secondary N) is 2. The summed E-state index contributed by atoms with van der Waals surface area (Å²) in [6.45, 7) is 2.87. The molecule has 0 spiro atoms. The first kappa shape index (κ1) is 19.2. The monoisotopic (exact) mass is 389 g/mol. The first-order chi connectivity index (χ1) is 13.0. The van der Waals surface area contributed by atoms with E-state index in [9.17, 15) is 13.2 Å². The first-order valence-electron chi connectivity index (χ1n) is 8.77. The number of ether oxygens (including phenoxy) is 1. The minimum atomic E-state index is -3.85. The molecule has 8 heteroatoms. The molecular weight excluding hydrogens is 366 g/mol. The van der Waals surface area contributed by atoms with Crippen LogP contribution in [0.2, 0.25) is 0 Å². The second-order valence-electron chi connectivity index (χ2n) is 6.23. The molecule has 1 fully saturated rings. The van der Waals surface area contributed by atoms with Crippen LogP contribution in [0.5, 0.6) is 5.75 Å². The maximum absolute atomic E-state index is 12.8. The number of hydrogen-bond acceptors (Lipinski definition) is 5. The van der Waals surface area contributed by atoms with Crippen molar-refractivity contribution in [3.05, 3.63) is 54.1 Å². The van der Waals surface area contributed by atoms with Gasteiger partial charge in [0, 0.05) is 25.2 Å². The molecule has 1 aliphatic rings. The molecule has 1 heterocycles. The Morgan fingerprint density at radius 3 is 2.74 bits per heavy atom. The highest BCUT2D eigenvalue weighted by atomic mass is 32.2. The topological polar surface area (TPSA) is 87.7 Å². The van der Waals surface area contributed by atoms with Gasteiger partial charge in [-0.2, -0.15) is 0 Å². The van der Waals surface area contributed by atoms with Gasteiger partial charge < -0.3 is 15.0 Å². The Kier molecular flexibility index (Phi) is 5.98. The third kappa shape index (κ3) is 4.58. The molecule has 0 aromatic heterocycles. The van der Waals surface area contributed by atoms with E-state index in [1.165, 1.54) is 19.2 Å². The Morgan fingerprint density at radius 2 is 1.93 bits per heavy atom. The normalized spacial score (nSPS) is 15.1. The van der Waals surface area contributed by atoms with Crippen molar-refractivity contribution in [1.82, 2.24) is 10.2 Å². The van der Waals surface area contributed by atoms with E-state index in [2.05, 4.69) is 10.0 Å². The summed E-state index contributed by atoms with van der Waals surface area (Å²) in [6.07, 6.45) is 0.874. The van der Waals surface area contributed by atoms with Crippen LogP contribution < -0.4 is 14.8 Å². The lowest BCUT2D eigenvalue weighted by molar-refractivity contribution is 0.0766. The summed E-state index contributed by atoms with van der Waals surface area (Å²) in [6, 6.07) is 12.9. The van der Waals surface area contributed by atoms with E-state index < -0.39 is 10.0 Å². The molecule has 0 radical (unpaired) electrons. The number of nitrogens with zero attached hydrogens (tertiary/aromatic N) is 1.